The van der Waals surface area contributed by atoms with Crippen molar-refractivity contribution in [3.05, 3.63) is 44.0 Å². The molecule has 0 spiro atoms. The predicted molar refractivity (Wildman–Crippen MR) is 91.6 cm³/mol. The molecule has 1 saturated heterocycles. The lowest BCUT2D eigenvalue weighted by Gasteiger charge is -2.41. The van der Waals surface area contributed by atoms with Crippen LogP contribution < -0.4 is 0 Å². The number of rotatable bonds is 4. The molecule has 1 aliphatic carbocycles. The smallest absolute Gasteiger partial charge is 0.279 e. The van der Waals surface area contributed by atoms with Crippen molar-refractivity contribution in [1.82, 2.24) is 4.90 Å². The third-order valence-corrected chi connectivity index (χ3v) is 5.55. The molecule has 0 bridgehead atoms. The molecule has 8 nitrogen and oxygen atoms in total. The van der Waals surface area contributed by atoms with E-state index in [1.165, 1.54) is 12.1 Å². The predicted octanol–water partition coefficient (Wildman–Crippen LogP) is 2.99. The quantitative estimate of drug-likeness (QED) is 0.661. The lowest BCUT2D eigenvalue weighted by molar-refractivity contribution is -0.394. The van der Waals surface area contributed by atoms with E-state index in [1.807, 2.05) is 0 Å². The van der Waals surface area contributed by atoms with Crippen LogP contribution >= 0.6 is 0 Å². The van der Waals surface area contributed by atoms with E-state index in [0.717, 1.165) is 57.7 Å². The molecule has 2 aliphatic rings. The molecule has 1 aliphatic heterocycles. The Balaban J connectivity index is 1.72. The Kier molecular flexibility index (Phi) is 5.29. The minimum absolute atomic E-state index is 0.0261. The van der Waals surface area contributed by atoms with E-state index < -0.39 is 9.85 Å². The molecule has 2 fully saturated rings. The second kappa shape index (κ2) is 7.45. The summed E-state index contributed by atoms with van der Waals surface area (Å²) >= 11 is 0. The van der Waals surface area contributed by atoms with Gasteiger partial charge in [-0.25, -0.2) is 0 Å². The van der Waals surface area contributed by atoms with Gasteiger partial charge in [-0.3, -0.25) is 25.1 Å². The molecule has 0 aromatic heterocycles. The molecular weight excluding hydrogens is 326 g/mol. The van der Waals surface area contributed by atoms with Crippen molar-refractivity contribution in [2.24, 2.45) is 0 Å². The number of nitro benzene ring substituents is 2. The number of aliphatic hydroxyl groups excluding tert-OH is 1. The van der Waals surface area contributed by atoms with E-state index in [9.17, 15) is 25.3 Å². The fourth-order valence-corrected chi connectivity index (χ4v) is 4.21. The summed E-state index contributed by atoms with van der Waals surface area (Å²) in [4.78, 5) is 23.4. The maximum absolute atomic E-state index is 11.3. The number of benzene rings is 1. The molecule has 1 heterocycles. The van der Waals surface area contributed by atoms with Crippen molar-refractivity contribution in [1.29, 1.82) is 0 Å². The van der Waals surface area contributed by atoms with Gasteiger partial charge in [0.1, 0.15) is 0 Å². The van der Waals surface area contributed by atoms with E-state index >= 15 is 0 Å². The van der Waals surface area contributed by atoms with Gasteiger partial charge in [0.25, 0.3) is 11.4 Å². The number of nitrogens with zero attached hydrogens (tertiary/aromatic N) is 3. The summed E-state index contributed by atoms with van der Waals surface area (Å²) in [5, 5.41) is 32.4. The number of likely N-dealkylation sites (tertiary alicyclic amines) is 1. The van der Waals surface area contributed by atoms with Gasteiger partial charge in [-0.15, -0.1) is 0 Å². The highest BCUT2D eigenvalue weighted by atomic mass is 16.6. The Morgan fingerprint density at radius 3 is 2.28 bits per heavy atom. The van der Waals surface area contributed by atoms with Crippen molar-refractivity contribution < 1.29 is 15.0 Å². The highest BCUT2D eigenvalue weighted by Gasteiger charge is 2.33. The van der Waals surface area contributed by atoms with Crippen molar-refractivity contribution in [2.75, 3.05) is 13.1 Å². The molecule has 2 unspecified atom stereocenters. The van der Waals surface area contributed by atoms with Gasteiger partial charge in [0.15, 0.2) is 0 Å². The van der Waals surface area contributed by atoms with Crippen LogP contribution in [-0.2, 0) is 0 Å². The maximum atomic E-state index is 11.3. The first-order valence-electron chi connectivity index (χ1n) is 8.82. The summed E-state index contributed by atoms with van der Waals surface area (Å²) in [6, 6.07) is 4.14. The SMILES string of the molecule is O=[N+]([O-])c1ccc(C2CCN(C3CCCCC3O)CC2)c([N+](=O)[O-])c1. The topological polar surface area (TPSA) is 110 Å². The molecule has 1 aromatic carbocycles. The van der Waals surface area contributed by atoms with Gasteiger partial charge in [-0.05, 0) is 50.8 Å². The summed E-state index contributed by atoms with van der Waals surface area (Å²) in [6.07, 6.45) is 5.31. The van der Waals surface area contributed by atoms with Gasteiger partial charge < -0.3 is 5.11 Å². The van der Waals surface area contributed by atoms with Crippen LogP contribution in [0.4, 0.5) is 11.4 Å². The number of hydrogen-bond acceptors (Lipinski definition) is 6. The van der Waals surface area contributed by atoms with E-state index in [4.69, 9.17) is 0 Å². The molecule has 8 heteroatoms. The fraction of sp³-hybridized carbons (Fsp3) is 0.647. The summed E-state index contributed by atoms with van der Waals surface area (Å²) in [5.74, 6) is 0.0261. The second-order valence-electron chi connectivity index (χ2n) is 6.99. The average Bonchev–Trinajstić information content (AvgIpc) is 2.61. The van der Waals surface area contributed by atoms with E-state index in [2.05, 4.69) is 4.90 Å². The number of aliphatic hydroxyl groups is 1. The molecule has 0 radical (unpaired) electrons. The molecule has 3 rings (SSSR count). The van der Waals surface area contributed by atoms with Crippen LogP contribution in [0, 0.1) is 20.2 Å². The lowest BCUT2D eigenvalue weighted by atomic mass is 9.85. The Morgan fingerprint density at radius 2 is 1.68 bits per heavy atom. The minimum atomic E-state index is -0.607. The Labute approximate surface area is 145 Å². The summed E-state index contributed by atoms with van der Waals surface area (Å²) in [7, 11) is 0. The zero-order chi connectivity index (χ0) is 18.0. The van der Waals surface area contributed by atoms with Gasteiger partial charge in [-0.2, -0.15) is 0 Å². The normalized spacial score (nSPS) is 25.6. The third kappa shape index (κ3) is 3.80. The van der Waals surface area contributed by atoms with Gasteiger partial charge in [0, 0.05) is 17.7 Å². The van der Waals surface area contributed by atoms with Crippen LogP contribution in [0.5, 0.6) is 0 Å². The van der Waals surface area contributed by atoms with E-state index in [1.54, 1.807) is 0 Å². The second-order valence-corrected chi connectivity index (χ2v) is 6.99. The van der Waals surface area contributed by atoms with Crippen LogP contribution in [0.1, 0.15) is 50.0 Å². The molecule has 2 atom stereocenters. The molecule has 1 saturated carbocycles. The van der Waals surface area contributed by atoms with Gasteiger partial charge >= 0.3 is 0 Å². The van der Waals surface area contributed by atoms with Gasteiger partial charge in [0.2, 0.25) is 0 Å². The van der Waals surface area contributed by atoms with Crippen molar-refractivity contribution >= 4 is 11.4 Å². The summed E-state index contributed by atoms with van der Waals surface area (Å²) < 4.78 is 0. The zero-order valence-corrected chi connectivity index (χ0v) is 14.0. The Hall–Kier alpha value is -2.06. The van der Waals surface area contributed by atoms with Crippen LogP contribution in [0.25, 0.3) is 0 Å². The number of nitro groups is 2. The van der Waals surface area contributed by atoms with E-state index in [0.29, 0.717) is 5.56 Å². The first kappa shape index (κ1) is 17.8. The van der Waals surface area contributed by atoms with Crippen LogP contribution in [0.2, 0.25) is 0 Å². The summed E-state index contributed by atoms with van der Waals surface area (Å²) in [6.45, 7) is 1.58. The molecule has 25 heavy (non-hydrogen) atoms. The zero-order valence-electron chi connectivity index (χ0n) is 14.0. The largest absolute Gasteiger partial charge is 0.391 e. The fourth-order valence-electron chi connectivity index (χ4n) is 4.21. The number of non-ortho nitro benzene ring substituents is 1. The molecule has 0 amide bonds. The Morgan fingerprint density at radius 1 is 1.00 bits per heavy atom. The minimum Gasteiger partial charge on any atom is -0.391 e. The van der Waals surface area contributed by atoms with Gasteiger partial charge in [-0.1, -0.05) is 12.8 Å². The van der Waals surface area contributed by atoms with Crippen LogP contribution in [0.15, 0.2) is 18.2 Å². The summed E-state index contributed by atoms with van der Waals surface area (Å²) in [5.41, 5.74) is 0.169. The van der Waals surface area contributed by atoms with Crippen LogP contribution in [0.3, 0.4) is 0 Å². The first-order chi connectivity index (χ1) is 12.0. The highest BCUT2D eigenvalue weighted by molar-refractivity contribution is 5.50. The number of piperidine rings is 1. The lowest BCUT2D eigenvalue weighted by Crippen LogP contribution is -2.48. The van der Waals surface area contributed by atoms with Crippen molar-refractivity contribution in [2.45, 2.75) is 56.6 Å². The highest BCUT2D eigenvalue weighted by Crippen LogP contribution is 2.37. The standard InChI is InChI=1S/C17H23N3O5/c21-17-4-2-1-3-15(17)18-9-7-12(8-10-18)14-6-5-13(19(22)23)11-16(14)20(24)25/h5-6,11-12,15,17,21H,1-4,7-10H2. The average molecular weight is 349 g/mol. The number of hydrogen-bond donors (Lipinski definition) is 1. The third-order valence-electron chi connectivity index (χ3n) is 5.55. The van der Waals surface area contributed by atoms with Crippen LogP contribution in [-0.4, -0.2) is 45.1 Å². The van der Waals surface area contributed by atoms with E-state index in [-0.39, 0.29) is 29.4 Å². The van der Waals surface area contributed by atoms with Crippen molar-refractivity contribution in [3.8, 4) is 0 Å². The molecule has 1 aromatic rings. The first-order valence-corrected chi connectivity index (χ1v) is 8.82. The van der Waals surface area contributed by atoms with Gasteiger partial charge in [0.05, 0.1) is 22.0 Å². The molecular formula is C17H23N3O5. The maximum Gasteiger partial charge on any atom is 0.279 e. The molecule has 136 valence electrons. The Bertz CT molecular complexity index is 658. The molecule has 1 N–H and O–H groups in total. The monoisotopic (exact) mass is 349 g/mol. The van der Waals surface area contributed by atoms with Crippen molar-refractivity contribution in [3.63, 3.8) is 0 Å².